The van der Waals surface area contributed by atoms with Crippen molar-refractivity contribution in [3.8, 4) is 0 Å². The van der Waals surface area contributed by atoms with Gasteiger partial charge in [0.1, 0.15) is 0 Å². The number of aromatic nitrogens is 3. The molecule has 0 amide bonds. The zero-order valence-corrected chi connectivity index (χ0v) is 12.8. The van der Waals surface area contributed by atoms with Gasteiger partial charge in [0.05, 0.1) is 0 Å². The molecule has 0 atom stereocenters. The van der Waals surface area contributed by atoms with Crippen LogP contribution in [0, 0.1) is 5.92 Å². The number of hydrogen-bond acceptors (Lipinski definition) is 8. The van der Waals surface area contributed by atoms with Crippen LogP contribution < -0.4 is 21.1 Å². The van der Waals surface area contributed by atoms with Gasteiger partial charge >= 0.3 is 0 Å². The van der Waals surface area contributed by atoms with E-state index >= 15 is 0 Å². The van der Waals surface area contributed by atoms with Gasteiger partial charge in [-0.1, -0.05) is 0 Å². The van der Waals surface area contributed by atoms with E-state index in [4.69, 9.17) is 5.84 Å². The summed E-state index contributed by atoms with van der Waals surface area (Å²) in [6.45, 7) is 5.31. The van der Waals surface area contributed by atoms with Gasteiger partial charge in [-0.2, -0.15) is 15.0 Å². The summed E-state index contributed by atoms with van der Waals surface area (Å²) in [4.78, 5) is 19.7. The molecule has 0 spiro atoms. The quantitative estimate of drug-likeness (QED) is 0.568. The second kappa shape index (κ2) is 5.98. The number of nitrogens with one attached hydrogen (secondary N) is 1. The lowest BCUT2D eigenvalue weighted by atomic mass is 10.3. The number of anilines is 3. The van der Waals surface area contributed by atoms with E-state index in [1.165, 1.54) is 19.4 Å². The fraction of sp³-hybridized carbons (Fsp3) is 0.769. The van der Waals surface area contributed by atoms with Crippen LogP contribution >= 0.6 is 0 Å². The number of piperazine rings is 1. The minimum Gasteiger partial charge on any atom is -0.347 e. The third-order valence-electron chi connectivity index (χ3n) is 4.01. The fourth-order valence-corrected chi connectivity index (χ4v) is 2.56. The fourth-order valence-electron chi connectivity index (χ4n) is 2.56. The molecule has 1 aromatic rings. The second-order valence-electron chi connectivity index (χ2n) is 6.03. The highest BCUT2D eigenvalue weighted by Gasteiger charge is 2.27. The first-order chi connectivity index (χ1) is 10.2. The maximum absolute atomic E-state index is 5.45. The smallest absolute Gasteiger partial charge is 0.243 e. The van der Waals surface area contributed by atoms with Crippen molar-refractivity contribution in [1.29, 1.82) is 0 Å². The first kappa shape index (κ1) is 14.3. The SMILES string of the molecule is CN(C)c1nc(NN)nc(N2CCN(CC3CC3)CC2)n1. The van der Waals surface area contributed by atoms with Crippen molar-refractivity contribution in [3.05, 3.63) is 0 Å². The number of nitrogens with zero attached hydrogens (tertiary/aromatic N) is 6. The third-order valence-corrected chi connectivity index (χ3v) is 4.01. The van der Waals surface area contributed by atoms with Crippen LogP contribution in [0.1, 0.15) is 12.8 Å². The summed E-state index contributed by atoms with van der Waals surface area (Å²) in [5, 5.41) is 0. The molecule has 3 rings (SSSR count). The summed E-state index contributed by atoms with van der Waals surface area (Å²) in [5.41, 5.74) is 2.52. The Morgan fingerprint density at radius 1 is 1.14 bits per heavy atom. The van der Waals surface area contributed by atoms with E-state index in [0.717, 1.165) is 32.1 Å². The van der Waals surface area contributed by atoms with Crippen molar-refractivity contribution in [2.75, 3.05) is 62.0 Å². The molecule has 21 heavy (non-hydrogen) atoms. The molecule has 2 heterocycles. The summed E-state index contributed by atoms with van der Waals surface area (Å²) < 4.78 is 0. The van der Waals surface area contributed by atoms with Crippen LogP contribution in [-0.4, -0.2) is 66.7 Å². The van der Waals surface area contributed by atoms with Gasteiger partial charge in [0.25, 0.3) is 0 Å². The van der Waals surface area contributed by atoms with E-state index in [0.29, 0.717) is 17.8 Å². The molecule has 8 nitrogen and oxygen atoms in total. The highest BCUT2D eigenvalue weighted by molar-refractivity contribution is 5.44. The number of nitrogens with two attached hydrogens (primary N) is 1. The maximum Gasteiger partial charge on any atom is 0.243 e. The molecule has 1 aromatic heterocycles. The Kier molecular flexibility index (Phi) is 4.07. The summed E-state index contributed by atoms with van der Waals surface area (Å²) in [6, 6.07) is 0. The Balaban J connectivity index is 1.67. The lowest BCUT2D eigenvalue weighted by Gasteiger charge is -2.35. The van der Waals surface area contributed by atoms with E-state index in [9.17, 15) is 0 Å². The van der Waals surface area contributed by atoms with Crippen LogP contribution in [0.3, 0.4) is 0 Å². The lowest BCUT2D eigenvalue weighted by molar-refractivity contribution is 0.247. The van der Waals surface area contributed by atoms with Crippen molar-refractivity contribution in [1.82, 2.24) is 19.9 Å². The molecule has 0 bridgehead atoms. The minimum absolute atomic E-state index is 0.407. The molecule has 0 aromatic carbocycles. The molecule has 1 aliphatic carbocycles. The monoisotopic (exact) mass is 292 g/mol. The summed E-state index contributed by atoms with van der Waals surface area (Å²) >= 11 is 0. The molecule has 0 radical (unpaired) electrons. The average Bonchev–Trinajstić information content (AvgIpc) is 3.31. The molecular weight excluding hydrogens is 268 g/mol. The Hall–Kier alpha value is -1.67. The Labute approximate surface area is 125 Å². The van der Waals surface area contributed by atoms with E-state index in [1.807, 2.05) is 19.0 Å². The molecule has 2 fully saturated rings. The summed E-state index contributed by atoms with van der Waals surface area (Å²) in [6.07, 6.45) is 2.82. The highest BCUT2D eigenvalue weighted by Crippen LogP contribution is 2.30. The minimum atomic E-state index is 0.407. The van der Waals surface area contributed by atoms with Gasteiger partial charge in [0.2, 0.25) is 17.8 Å². The van der Waals surface area contributed by atoms with Crippen LogP contribution in [0.15, 0.2) is 0 Å². The maximum atomic E-state index is 5.45. The molecule has 1 saturated heterocycles. The van der Waals surface area contributed by atoms with Crippen LogP contribution in [0.2, 0.25) is 0 Å². The van der Waals surface area contributed by atoms with Crippen LogP contribution in [0.25, 0.3) is 0 Å². The Morgan fingerprint density at radius 3 is 2.43 bits per heavy atom. The zero-order chi connectivity index (χ0) is 14.8. The summed E-state index contributed by atoms with van der Waals surface area (Å²) in [5.74, 6) is 8.13. The first-order valence-electron chi connectivity index (χ1n) is 7.53. The van der Waals surface area contributed by atoms with Crippen LogP contribution in [0.5, 0.6) is 0 Å². The van der Waals surface area contributed by atoms with Crippen LogP contribution in [-0.2, 0) is 0 Å². The molecular formula is C13H24N8. The van der Waals surface area contributed by atoms with Gasteiger partial charge < -0.3 is 9.80 Å². The van der Waals surface area contributed by atoms with Gasteiger partial charge in [-0.3, -0.25) is 10.3 Å². The topological polar surface area (TPSA) is 86.4 Å². The van der Waals surface area contributed by atoms with Crippen molar-refractivity contribution < 1.29 is 0 Å². The normalized spacial score (nSPS) is 19.7. The number of hydrogen-bond donors (Lipinski definition) is 2. The molecule has 116 valence electrons. The van der Waals surface area contributed by atoms with E-state index in [-0.39, 0.29) is 0 Å². The van der Waals surface area contributed by atoms with E-state index in [1.54, 1.807) is 0 Å². The first-order valence-corrected chi connectivity index (χ1v) is 7.53. The van der Waals surface area contributed by atoms with Crippen molar-refractivity contribution in [2.45, 2.75) is 12.8 Å². The lowest BCUT2D eigenvalue weighted by Crippen LogP contribution is -2.47. The number of nitrogen functional groups attached to an aromatic ring is 1. The molecule has 0 unspecified atom stereocenters. The van der Waals surface area contributed by atoms with Crippen molar-refractivity contribution in [2.24, 2.45) is 11.8 Å². The van der Waals surface area contributed by atoms with Crippen molar-refractivity contribution in [3.63, 3.8) is 0 Å². The van der Waals surface area contributed by atoms with Gasteiger partial charge in [0, 0.05) is 46.8 Å². The predicted molar refractivity (Wildman–Crippen MR) is 83.3 cm³/mol. The second-order valence-corrected chi connectivity index (χ2v) is 6.03. The Bertz CT molecular complexity index is 479. The highest BCUT2D eigenvalue weighted by atomic mass is 15.4. The van der Waals surface area contributed by atoms with Crippen molar-refractivity contribution >= 4 is 17.8 Å². The van der Waals surface area contributed by atoms with E-state index in [2.05, 4.69) is 30.2 Å². The van der Waals surface area contributed by atoms with Gasteiger partial charge in [0.15, 0.2) is 0 Å². The molecule has 2 aliphatic rings. The van der Waals surface area contributed by atoms with Gasteiger partial charge in [-0.15, -0.1) is 0 Å². The van der Waals surface area contributed by atoms with E-state index < -0.39 is 0 Å². The molecule has 8 heteroatoms. The summed E-state index contributed by atoms with van der Waals surface area (Å²) in [7, 11) is 3.82. The standard InChI is InChI=1S/C13H24N8/c1-19(2)12-15-11(18-14)16-13(17-12)21-7-5-20(6-8-21)9-10-3-4-10/h10H,3-9,14H2,1-2H3,(H,15,16,17,18). The molecule has 1 saturated carbocycles. The largest absolute Gasteiger partial charge is 0.347 e. The molecule has 3 N–H and O–H groups in total. The predicted octanol–water partition coefficient (Wildman–Crippen LogP) is -0.245. The van der Waals surface area contributed by atoms with Gasteiger partial charge in [-0.05, 0) is 18.8 Å². The number of rotatable bonds is 5. The molecule has 1 aliphatic heterocycles. The number of hydrazine groups is 1. The van der Waals surface area contributed by atoms with Gasteiger partial charge in [-0.25, -0.2) is 5.84 Å². The third kappa shape index (κ3) is 3.51. The van der Waals surface area contributed by atoms with Crippen LogP contribution in [0.4, 0.5) is 17.8 Å². The zero-order valence-electron chi connectivity index (χ0n) is 12.8. The Morgan fingerprint density at radius 2 is 1.86 bits per heavy atom. The average molecular weight is 292 g/mol.